The predicted octanol–water partition coefficient (Wildman–Crippen LogP) is 18.2. The van der Waals surface area contributed by atoms with Gasteiger partial charge in [0, 0.05) is 12.8 Å². The zero-order valence-corrected chi connectivity index (χ0v) is 44.6. The third-order valence-electron chi connectivity index (χ3n) is 13.3. The number of hydrogen-bond acceptors (Lipinski definition) is 5. The maximum atomic E-state index is 12.5. The molecule has 0 aliphatic carbocycles. The molecule has 0 aromatic carbocycles. The molecule has 3 N–H and O–H groups in total. The Morgan fingerprint density at radius 3 is 1.16 bits per heavy atom. The van der Waals surface area contributed by atoms with Crippen molar-refractivity contribution in [2.24, 2.45) is 0 Å². The summed E-state index contributed by atoms with van der Waals surface area (Å²) < 4.78 is 5.48. The lowest BCUT2D eigenvalue weighted by Gasteiger charge is -2.20. The summed E-state index contributed by atoms with van der Waals surface area (Å²) in [6.45, 7) is 4.86. The average molecular weight is 941 g/mol. The molecule has 1 amide bonds. The van der Waals surface area contributed by atoms with Crippen molar-refractivity contribution in [3.8, 4) is 0 Å². The van der Waals surface area contributed by atoms with Crippen LogP contribution in [0.5, 0.6) is 0 Å². The van der Waals surface area contributed by atoms with Crippen LogP contribution in [0.25, 0.3) is 0 Å². The van der Waals surface area contributed by atoms with Crippen LogP contribution in [0.1, 0.15) is 303 Å². The molecule has 0 bridgehead atoms. The number of unbranched alkanes of at least 4 members (excludes halogenated alkanes) is 37. The number of ether oxygens (including phenoxy) is 1. The van der Waals surface area contributed by atoms with Crippen LogP contribution in [0.15, 0.2) is 48.6 Å². The van der Waals surface area contributed by atoms with Gasteiger partial charge in [-0.05, 0) is 89.9 Å². The number of carbonyl (C=O) groups excluding carboxylic acids is 2. The lowest BCUT2D eigenvalue weighted by Crippen LogP contribution is -2.45. The van der Waals surface area contributed by atoms with E-state index in [1.54, 1.807) is 6.08 Å². The number of hydrogen-bond donors (Lipinski definition) is 3. The van der Waals surface area contributed by atoms with Crippen molar-refractivity contribution in [3.63, 3.8) is 0 Å². The lowest BCUT2D eigenvalue weighted by molar-refractivity contribution is -0.143. The van der Waals surface area contributed by atoms with Crippen LogP contribution in [0.3, 0.4) is 0 Å². The molecular formula is C61H113NO5. The highest BCUT2D eigenvalue weighted by atomic mass is 16.5. The molecule has 0 aromatic heterocycles. The topological polar surface area (TPSA) is 95.9 Å². The van der Waals surface area contributed by atoms with Crippen LogP contribution >= 0.6 is 0 Å². The van der Waals surface area contributed by atoms with E-state index < -0.39 is 12.1 Å². The smallest absolute Gasteiger partial charge is 0.305 e. The van der Waals surface area contributed by atoms with E-state index in [0.29, 0.717) is 19.4 Å². The summed E-state index contributed by atoms with van der Waals surface area (Å²) in [7, 11) is 0. The second-order valence-electron chi connectivity index (χ2n) is 20.0. The fourth-order valence-electron chi connectivity index (χ4n) is 8.78. The summed E-state index contributed by atoms with van der Waals surface area (Å²) in [5.41, 5.74) is 0. The van der Waals surface area contributed by atoms with Crippen LogP contribution in [0, 0.1) is 0 Å². The summed E-state index contributed by atoms with van der Waals surface area (Å²) in [5.74, 6) is -0.0908. The quantitative estimate of drug-likeness (QED) is 0.0321. The van der Waals surface area contributed by atoms with Gasteiger partial charge in [0.1, 0.15) is 0 Å². The Labute approximate surface area is 416 Å². The van der Waals surface area contributed by atoms with E-state index in [1.807, 2.05) is 6.08 Å². The van der Waals surface area contributed by atoms with Gasteiger partial charge in [-0.2, -0.15) is 0 Å². The number of rotatable bonds is 54. The number of aliphatic hydroxyl groups is 2. The first kappa shape index (κ1) is 64.8. The molecule has 0 spiro atoms. The number of carbonyl (C=O) groups is 2. The third-order valence-corrected chi connectivity index (χ3v) is 13.3. The summed E-state index contributed by atoms with van der Waals surface area (Å²) in [4.78, 5) is 24.5. The van der Waals surface area contributed by atoms with E-state index in [0.717, 1.165) is 64.2 Å². The molecule has 0 saturated carbocycles. The summed E-state index contributed by atoms with van der Waals surface area (Å²) >= 11 is 0. The van der Waals surface area contributed by atoms with E-state index in [9.17, 15) is 19.8 Å². The molecule has 2 atom stereocenters. The Bertz CT molecular complexity index is 1130. The van der Waals surface area contributed by atoms with Gasteiger partial charge in [-0.25, -0.2) is 0 Å². The molecule has 0 rings (SSSR count). The number of amides is 1. The number of aliphatic hydroxyl groups excluding tert-OH is 2. The molecule has 0 radical (unpaired) electrons. The first-order valence-electron chi connectivity index (χ1n) is 29.4. The molecule has 6 heteroatoms. The van der Waals surface area contributed by atoms with Crippen molar-refractivity contribution in [1.29, 1.82) is 0 Å². The Hall–Kier alpha value is -2.18. The van der Waals surface area contributed by atoms with Crippen LogP contribution in [0.4, 0.5) is 0 Å². The normalized spacial score (nSPS) is 13.0. The van der Waals surface area contributed by atoms with Crippen LogP contribution in [0.2, 0.25) is 0 Å². The monoisotopic (exact) mass is 940 g/mol. The second-order valence-corrected chi connectivity index (χ2v) is 20.0. The number of esters is 1. The zero-order valence-electron chi connectivity index (χ0n) is 44.6. The fourth-order valence-corrected chi connectivity index (χ4v) is 8.78. The molecule has 0 saturated heterocycles. The van der Waals surface area contributed by atoms with E-state index in [1.165, 1.54) is 212 Å². The fraction of sp³-hybridized carbons (Fsp3) is 0.836. The molecule has 0 aromatic rings. The molecule has 0 aliphatic heterocycles. The first-order valence-corrected chi connectivity index (χ1v) is 29.4. The van der Waals surface area contributed by atoms with Gasteiger partial charge >= 0.3 is 5.97 Å². The number of allylic oxidation sites excluding steroid dienone is 7. The number of nitrogens with one attached hydrogen (secondary N) is 1. The summed E-state index contributed by atoms with van der Waals surface area (Å²) in [5, 5.41) is 23.1. The maximum Gasteiger partial charge on any atom is 0.305 e. The highest BCUT2D eigenvalue weighted by Crippen LogP contribution is 2.16. The van der Waals surface area contributed by atoms with Crippen molar-refractivity contribution < 1.29 is 24.5 Å². The van der Waals surface area contributed by atoms with Gasteiger partial charge in [-0.3, -0.25) is 9.59 Å². The summed E-state index contributed by atoms with van der Waals surface area (Å²) in [6.07, 6.45) is 71.3. The van der Waals surface area contributed by atoms with Gasteiger partial charge in [-0.15, -0.1) is 0 Å². The molecule has 0 heterocycles. The minimum atomic E-state index is -0.853. The summed E-state index contributed by atoms with van der Waals surface area (Å²) in [6, 6.07) is -0.638. The molecule has 2 unspecified atom stereocenters. The van der Waals surface area contributed by atoms with Crippen molar-refractivity contribution >= 4 is 11.9 Å². The van der Waals surface area contributed by atoms with Gasteiger partial charge in [0.25, 0.3) is 0 Å². The van der Waals surface area contributed by atoms with Gasteiger partial charge in [0.05, 0.1) is 25.4 Å². The molecule has 0 fully saturated rings. The van der Waals surface area contributed by atoms with Crippen LogP contribution < -0.4 is 5.32 Å². The third kappa shape index (κ3) is 53.0. The maximum absolute atomic E-state index is 12.5. The van der Waals surface area contributed by atoms with Crippen LogP contribution in [-0.4, -0.2) is 47.4 Å². The van der Waals surface area contributed by atoms with E-state index in [-0.39, 0.29) is 18.5 Å². The Balaban J connectivity index is 3.48. The van der Waals surface area contributed by atoms with Crippen molar-refractivity contribution in [1.82, 2.24) is 5.32 Å². The van der Waals surface area contributed by atoms with Crippen molar-refractivity contribution in [2.45, 2.75) is 315 Å². The van der Waals surface area contributed by atoms with Crippen molar-refractivity contribution in [2.75, 3.05) is 13.2 Å². The second kappa shape index (κ2) is 56.4. The van der Waals surface area contributed by atoms with E-state index in [4.69, 9.17) is 4.74 Å². The molecule has 392 valence electrons. The van der Waals surface area contributed by atoms with Gasteiger partial charge in [0.15, 0.2) is 0 Å². The highest BCUT2D eigenvalue weighted by Gasteiger charge is 2.18. The molecule has 67 heavy (non-hydrogen) atoms. The van der Waals surface area contributed by atoms with E-state index in [2.05, 4.69) is 55.6 Å². The molecule has 0 aliphatic rings. The zero-order chi connectivity index (χ0) is 48.6. The molecular weight excluding hydrogens is 827 g/mol. The van der Waals surface area contributed by atoms with Gasteiger partial charge in [-0.1, -0.05) is 249 Å². The minimum Gasteiger partial charge on any atom is -0.466 e. The van der Waals surface area contributed by atoms with Crippen LogP contribution in [-0.2, 0) is 14.3 Å². The largest absolute Gasteiger partial charge is 0.466 e. The Morgan fingerprint density at radius 1 is 0.418 bits per heavy atom. The first-order chi connectivity index (χ1) is 33.0. The highest BCUT2D eigenvalue weighted by molar-refractivity contribution is 5.76. The predicted molar refractivity (Wildman–Crippen MR) is 292 cm³/mol. The van der Waals surface area contributed by atoms with Gasteiger partial charge < -0.3 is 20.3 Å². The SMILES string of the molecule is CCCCCC/C=C\C/C=C\CCCCCCCCCC(=O)OCCCCCCCC/C=C\CCCCCCCCCC(=O)NC(CO)C(O)/C=C/CCCCCCCCCCCCCCC. The Morgan fingerprint density at radius 2 is 0.746 bits per heavy atom. The van der Waals surface area contributed by atoms with E-state index >= 15 is 0 Å². The minimum absolute atomic E-state index is 0.0105. The molecule has 6 nitrogen and oxygen atoms in total. The Kier molecular flexibility index (Phi) is 54.6. The average Bonchev–Trinajstić information content (AvgIpc) is 3.33. The van der Waals surface area contributed by atoms with Gasteiger partial charge in [0.2, 0.25) is 5.91 Å². The standard InChI is InChI=1S/C61H113NO5/c1-3-5-7-9-11-13-15-17-19-20-23-27-31-35-39-43-47-51-55-61(66)67-56-52-48-44-40-36-32-28-24-21-22-26-30-34-38-42-46-50-54-60(65)62-58(57-63)59(64)53-49-45-41-37-33-29-25-18-16-14-12-10-8-6-4-2/h13,15,19-21,24,49,53,58-59,63-64H,3-12,14,16-18,22-23,25-48,50-52,54-57H2,1-2H3,(H,62,65)/b15-13-,20-19-,24-21-,53-49+. The van der Waals surface area contributed by atoms with Crippen molar-refractivity contribution in [3.05, 3.63) is 48.6 Å². The lowest BCUT2D eigenvalue weighted by atomic mass is 10.0.